The topological polar surface area (TPSA) is 63.7 Å². The first kappa shape index (κ1) is 16.8. The fourth-order valence-electron chi connectivity index (χ4n) is 2.96. The maximum Gasteiger partial charge on any atom is 0.148 e. The van der Waals surface area contributed by atoms with Gasteiger partial charge < -0.3 is 19.7 Å². The number of aldehydes is 1. The molecule has 1 aromatic heterocycles. The molecule has 1 aliphatic heterocycles. The number of carbonyl (C=O) groups is 1. The van der Waals surface area contributed by atoms with E-state index in [4.69, 9.17) is 9.47 Å². The summed E-state index contributed by atoms with van der Waals surface area (Å²) in [5.41, 5.74) is 6.22. The van der Waals surface area contributed by atoms with Gasteiger partial charge in [0.25, 0.3) is 0 Å². The summed E-state index contributed by atoms with van der Waals surface area (Å²) in [4.78, 5) is 16.1. The lowest BCUT2D eigenvalue weighted by Crippen LogP contribution is -2.41. The molecule has 2 aromatic rings. The lowest BCUT2D eigenvalue weighted by molar-refractivity contribution is -0.108. The van der Waals surface area contributed by atoms with E-state index in [2.05, 4.69) is 10.4 Å². The largest absolute Gasteiger partial charge is 0.497 e. The first-order chi connectivity index (χ1) is 12.2. The fourth-order valence-corrected chi connectivity index (χ4v) is 2.96. The molecule has 0 aliphatic carbocycles. The van der Waals surface area contributed by atoms with Crippen LogP contribution < -0.4 is 19.9 Å². The summed E-state index contributed by atoms with van der Waals surface area (Å²) in [6.07, 6.45) is 3.25. The van der Waals surface area contributed by atoms with Gasteiger partial charge in [0.2, 0.25) is 0 Å². The molecule has 25 heavy (non-hydrogen) atoms. The van der Waals surface area contributed by atoms with E-state index in [1.807, 2.05) is 43.3 Å². The number of rotatable bonds is 6. The van der Waals surface area contributed by atoms with Crippen LogP contribution in [0.15, 0.2) is 53.9 Å². The minimum Gasteiger partial charge on any atom is -0.497 e. The number of hydrogen-bond acceptors (Lipinski definition) is 6. The Morgan fingerprint density at radius 3 is 2.48 bits per heavy atom. The maximum absolute atomic E-state index is 11.8. The number of methoxy groups -OCH3 is 2. The number of hydrazine groups is 1. The molecule has 3 rings (SSSR count). The van der Waals surface area contributed by atoms with Gasteiger partial charge in [-0.1, -0.05) is 6.07 Å². The summed E-state index contributed by atoms with van der Waals surface area (Å²) in [7, 11) is 3.24. The molecule has 0 bridgehead atoms. The van der Waals surface area contributed by atoms with Crippen molar-refractivity contribution in [3.05, 3.63) is 59.4 Å². The van der Waals surface area contributed by atoms with Gasteiger partial charge in [-0.3, -0.25) is 5.01 Å². The number of pyridine rings is 1. The number of nitrogens with zero attached hydrogens (tertiary/aromatic N) is 2. The molecule has 0 radical (unpaired) electrons. The van der Waals surface area contributed by atoms with E-state index in [0.717, 1.165) is 34.6 Å². The Hall–Kier alpha value is -3.02. The predicted octanol–water partition coefficient (Wildman–Crippen LogP) is 2.51. The lowest BCUT2D eigenvalue weighted by Gasteiger charge is -2.23. The van der Waals surface area contributed by atoms with Gasteiger partial charge in [0.05, 0.1) is 14.2 Å². The standard InChI is InChI=1S/C19H21N3O3/c1-13-17(10-14-8-15(24-2)11-16(9-14)25-3)18(12-23)22(21-13)19-6-4-5-7-20-19/h4-9,11-12,18,21H,10H2,1-3H3. The molecule has 0 fully saturated rings. The van der Waals surface area contributed by atoms with Crippen molar-refractivity contribution in [2.75, 3.05) is 19.2 Å². The van der Waals surface area contributed by atoms with Crippen LogP contribution in [0.1, 0.15) is 12.5 Å². The van der Waals surface area contributed by atoms with Crippen molar-refractivity contribution in [1.29, 1.82) is 0 Å². The average molecular weight is 339 g/mol. The van der Waals surface area contributed by atoms with Crippen LogP contribution >= 0.6 is 0 Å². The number of benzene rings is 1. The van der Waals surface area contributed by atoms with E-state index in [0.29, 0.717) is 12.2 Å². The van der Waals surface area contributed by atoms with Gasteiger partial charge >= 0.3 is 0 Å². The normalized spacial score (nSPS) is 16.6. The van der Waals surface area contributed by atoms with E-state index in [1.54, 1.807) is 25.4 Å². The second-order valence-electron chi connectivity index (χ2n) is 5.80. The Labute approximate surface area is 147 Å². The Bertz CT molecular complexity index is 768. The van der Waals surface area contributed by atoms with Crippen LogP contribution in [-0.4, -0.2) is 31.5 Å². The third-order valence-electron chi connectivity index (χ3n) is 4.24. The highest BCUT2D eigenvalue weighted by atomic mass is 16.5. The second-order valence-corrected chi connectivity index (χ2v) is 5.80. The molecule has 2 heterocycles. The summed E-state index contributed by atoms with van der Waals surface area (Å²) in [5.74, 6) is 2.16. The van der Waals surface area contributed by atoms with Crippen LogP contribution in [0.3, 0.4) is 0 Å². The van der Waals surface area contributed by atoms with Gasteiger partial charge in [-0.2, -0.15) is 0 Å². The fraction of sp³-hybridized carbons (Fsp3) is 0.263. The SMILES string of the molecule is COc1cc(CC2=C(C)NN(c3ccccn3)C2C=O)cc(OC)c1. The molecule has 1 atom stereocenters. The Kier molecular flexibility index (Phi) is 4.88. The number of ether oxygens (including phenoxy) is 2. The predicted molar refractivity (Wildman–Crippen MR) is 95.7 cm³/mol. The molecule has 0 saturated carbocycles. The summed E-state index contributed by atoms with van der Waals surface area (Å²) in [5, 5.41) is 1.79. The molecule has 0 spiro atoms. The molecule has 1 aromatic carbocycles. The average Bonchev–Trinajstić information content (AvgIpc) is 2.97. The van der Waals surface area contributed by atoms with Gasteiger partial charge in [0.15, 0.2) is 0 Å². The molecule has 6 heteroatoms. The minimum atomic E-state index is -0.410. The van der Waals surface area contributed by atoms with E-state index < -0.39 is 6.04 Å². The summed E-state index contributed by atoms with van der Waals surface area (Å²) < 4.78 is 10.7. The number of allylic oxidation sites excluding steroid dienone is 1. The van der Waals surface area contributed by atoms with Crippen molar-refractivity contribution in [2.24, 2.45) is 0 Å². The van der Waals surface area contributed by atoms with Crippen LogP contribution in [0, 0.1) is 0 Å². The summed E-state index contributed by atoms with van der Waals surface area (Å²) in [6, 6.07) is 10.9. The van der Waals surface area contributed by atoms with Crippen molar-refractivity contribution in [3.63, 3.8) is 0 Å². The number of nitrogens with one attached hydrogen (secondary N) is 1. The summed E-state index contributed by atoms with van der Waals surface area (Å²) >= 11 is 0. The first-order valence-corrected chi connectivity index (χ1v) is 8.00. The van der Waals surface area contributed by atoms with E-state index in [-0.39, 0.29) is 0 Å². The third-order valence-corrected chi connectivity index (χ3v) is 4.24. The zero-order chi connectivity index (χ0) is 17.8. The van der Waals surface area contributed by atoms with Crippen molar-refractivity contribution < 1.29 is 14.3 Å². The highest BCUT2D eigenvalue weighted by Gasteiger charge is 2.31. The van der Waals surface area contributed by atoms with E-state index in [9.17, 15) is 4.79 Å². The van der Waals surface area contributed by atoms with Gasteiger partial charge in [0.1, 0.15) is 29.6 Å². The number of anilines is 1. The molecule has 1 N–H and O–H groups in total. The number of carbonyl (C=O) groups excluding carboxylic acids is 1. The van der Waals surface area contributed by atoms with Gasteiger partial charge in [-0.15, -0.1) is 0 Å². The minimum absolute atomic E-state index is 0.410. The van der Waals surface area contributed by atoms with E-state index in [1.165, 1.54) is 0 Å². The lowest BCUT2D eigenvalue weighted by atomic mass is 9.98. The quantitative estimate of drug-likeness (QED) is 0.816. The Morgan fingerprint density at radius 2 is 1.92 bits per heavy atom. The molecule has 0 saturated heterocycles. The van der Waals surface area contributed by atoms with Crippen LogP contribution in [0.4, 0.5) is 5.82 Å². The maximum atomic E-state index is 11.8. The number of hydrogen-bond donors (Lipinski definition) is 1. The van der Waals surface area contributed by atoms with Crippen LogP contribution in [-0.2, 0) is 11.2 Å². The molecule has 6 nitrogen and oxygen atoms in total. The Morgan fingerprint density at radius 1 is 1.20 bits per heavy atom. The molecule has 1 aliphatic rings. The highest BCUT2D eigenvalue weighted by molar-refractivity contribution is 5.72. The van der Waals surface area contributed by atoms with E-state index >= 15 is 0 Å². The van der Waals surface area contributed by atoms with Crippen molar-refractivity contribution in [1.82, 2.24) is 10.4 Å². The molecule has 130 valence electrons. The van der Waals surface area contributed by atoms with Crippen molar-refractivity contribution in [2.45, 2.75) is 19.4 Å². The third kappa shape index (κ3) is 3.42. The zero-order valence-corrected chi connectivity index (χ0v) is 14.5. The van der Waals surface area contributed by atoms with Crippen LogP contribution in [0.5, 0.6) is 11.5 Å². The Balaban J connectivity index is 1.89. The van der Waals surface area contributed by atoms with Crippen LogP contribution in [0.25, 0.3) is 0 Å². The second kappa shape index (κ2) is 7.25. The summed E-state index contributed by atoms with van der Waals surface area (Å²) in [6.45, 7) is 1.96. The smallest absolute Gasteiger partial charge is 0.148 e. The van der Waals surface area contributed by atoms with Gasteiger partial charge in [-0.05, 0) is 48.7 Å². The van der Waals surface area contributed by atoms with Crippen LogP contribution in [0.2, 0.25) is 0 Å². The van der Waals surface area contributed by atoms with Crippen molar-refractivity contribution >= 4 is 12.1 Å². The van der Waals surface area contributed by atoms with Gasteiger partial charge in [-0.25, -0.2) is 4.98 Å². The molecule has 1 unspecified atom stereocenters. The first-order valence-electron chi connectivity index (χ1n) is 8.00. The highest BCUT2D eigenvalue weighted by Crippen LogP contribution is 2.29. The monoisotopic (exact) mass is 339 g/mol. The van der Waals surface area contributed by atoms with Gasteiger partial charge in [0, 0.05) is 18.0 Å². The molecular formula is C19H21N3O3. The zero-order valence-electron chi connectivity index (χ0n) is 14.5. The number of aromatic nitrogens is 1. The molecule has 0 amide bonds. The van der Waals surface area contributed by atoms with Crippen molar-refractivity contribution in [3.8, 4) is 11.5 Å². The molecular weight excluding hydrogens is 318 g/mol.